The highest BCUT2D eigenvalue weighted by molar-refractivity contribution is 6.14. The molecule has 0 radical (unpaired) electrons. The second kappa shape index (κ2) is 6.80. The Kier molecular flexibility index (Phi) is 4.84. The maximum atomic E-state index is 11.0. The molecule has 0 aliphatic carbocycles. The molecule has 2 rings (SSSR count). The van der Waals surface area contributed by atoms with Gasteiger partial charge < -0.3 is 14.6 Å². The van der Waals surface area contributed by atoms with Crippen LogP contribution in [-0.4, -0.2) is 24.8 Å². The van der Waals surface area contributed by atoms with Crippen LogP contribution in [0.5, 0.6) is 11.5 Å². The average Bonchev–Trinajstić information content (AvgIpc) is 2.54. The maximum absolute atomic E-state index is 11.0. The van der Waals surface area contributed by atoms with Crippen LogP contribution in [0.3, 0.4) is 0 Å². The fourth-order valence-corrected chi connectivity index (χ4v) is 2.12. The Balaban J connectivity index is 2.45. The zero-order chi connectivity index (χ0) is 16.1. The number of ether oxygens (including phenoxy) is 2. The number of methoxy groups -OCH3 is 1. The summed E-state index contributed by atoms with van der Waals surface area (Å²) in [6.45, 7) is 5.96. The van der Waals surface area contributed by atoms with Gasteiger partial charge in [0, 0.05) is 5.56 Å². The third-order valence-corrected chi connectivity index (χ3v) is 3.29. The molecular formula is C18H18O4. The molecule has 0 heterocycles. The third-order valence-electron chi connectivity index (χ3n) is 3.29. The summed E-state index contributed by atoms with van der Waals surface area (Å²) in [5, 5.41) is 9.05. The minimum atomic E-state index is -1.04. The van der Waals surface area contributed by atoms with Crippen LogP contribution in [0.1, 0.15) is 12.5 Å². The van der Waals surface area contributed by atoms with Crippen LogP contribution in [0.2, 0.25) is 0 Å². The first-order valence-electron chi connectivity index (χ1n) is 6.90. The molecule has 4 heteroatoms. The number of carboxylic acids is 1. The van der Waals surface area contributed by atoms with Crippen LogP contribution in [0.25, 0.3) is 16.7 Å². The van der Waals surface area contributed by atoms with E-state index in [1.807, 2.05) is 37.3 Å². The molecule has 0 spiro atoms. The summed E-state index contributed by atoms with van der Waals surface area (Å²) in [5.74, 6) is 0.366. The quantitative estimate of drug-likeness (QED) is 0.823. The van der Waals surface area contributed by atoms with Crippen molar-refractivity contribution in [2.24, 2.45) is 0 Å². The van der Waals surface area contributed by atoms with Crippen molar-refractivity contribution in [3.63, 3.8) is 0 Å². The predicted molar refractivity (Wildman–Crippen MR) is 86.3 cm³/mol. The number of aliphatic carboxylic acids is 1. The Hall–Kier alpha value is -2.75. The standard InChI is InChI=1S/C18H18O4/c1-4-22-17-11-14(12(2)18(19)20)7-10-16(17)13-5-8-15(21-3)9-6-13/h5-11H,2,4H2,1,3H3,(H,19,20). The number of carboxylic acid groups (broad SMARTS) is 1. The lowest BCUT2D eigenvalue weighted by molar-refractivity contribution is -0.130. The van der Waals surface area contributed by atoms with Gasteiger partial charge in [0.15, 0.2) is 0 Å². The molecule has 114 valence electrons. The SMILES string of the molecule is C=C(C(=O)O)c1ccc(-c2ccc(OC)cc2)c(OCC)c1. The van der Waals surface area contributed by atoms with Gasteiger partial charge in [-0.3, -0.25) is 0 Å². The topological polar surface area (TPSA) is 55.8 Å². The molecule has 2 aromatic rings. The van der Waals surface area contributed by atoms with Gasteiger partial charge in [-0.25, -0.2) is 4.79 Å². The molecular weight excluding hydrogens is 280 g/mol. The lowest BCUT2D eigenvalue weighted by Gasteiger charge is -2.13. The van der Waals surface area contributed by atoms with Crippen LogP contribution in [0, 0.1) is 0 Å². The first kappa shape index (κ1) is 15.6. The highest BCUT2D eigenvalue weighted by atomic mass is 16.5. The smallest absolute Gasteiger partial charge is 0.335 e. The first-order chi connectivity index (χ1) is 10.6. The van der Waals surface area contributed by atoms with Crippen molar-refractivity contribution >= 4 is 11.5 Å². The van der Waals surface area contributed by atoms with Gasteiger partial charge in [0.2, 0.25) is 0 Å². The fraction of sp³-hybridized carbons (Fsp3) is 0.167. The summed E-state index contributed by atoms with van der Waals surface area (Å²) >= 11 is 0. The fourth-order valence-electron chi connectivity index (χ4n) is 2.12. The van der Waals surface area contributed by atoms with Gasteiger partial charge in [0.25, 0.3) is 0 Å². The highest BCUT2D eigenvalue weighted by Crippen LogP contribution is 2.33. The number of carbonyl (C=O) groups is 1. The summed E-state index contributed by atoms with van der Waals surface area (Å²) in [5.41, 5.74) is 2.44. The Morgan fingerprint density at radius 1 is 1.18 bits per heavy atom. The molecule has 0 bridgehead atoms. The van der Waals surface area contributed by atoms with Crippen molar-refractivity contribution in [3.05, 3.63) is 54.6 Å². The Morgan fingerprint density at radius 3 is 2.41 bits per heavy atom. The maximum Gasteiger partial charge on any atom is 0.335 e. The molecule has 4 nitrogen and oxygen atoms in total. The van der Waals surface area contributed by atoms with E-state index >= 15 is 0 Å². The van der Waals surface area contributed by atoms with E-state index < -0.39 is 5.97 Å². The lowest BCUT2D eigenvalue weighted by Crippen LogP contribution is -2.00. The van der Waals surface area contributed by atoms with Crippen molar-refractivity contribution in [1.29, 1.82) is 0 Å². The van der Waals surface area contributed by atoms with Crippen LogP contribution in [0.4, 0.5) is 0 Å². The summed E-state index contributed by atoms with van der Waals surface area (Å²) in [7, 11) is 1.62. The zero-order valence-electron chi connectivity index (χ0n) is 12.6. The van der Waals surface area contributed by atoms with Crippen LogP contribution >= 0.6 is 0 Å². The first-order valence-corrected chi connectivity index (χ1v) is 6.90. The number of rotatable bonds is 6. The van der Waals surface area contributed by atoms with Crippen molar-refractivity contribution in [1.82, 2.24) is 0 Å². The van der Waals surface area contributed by atoms with Crippen molar-refractivity contribution in [3.8, 4) is 22.6 Å². The molecule has 0 aliphatic rings. The molecule has 0 aromatic heterocycles. The summed E-state index contributed by atoms with van der Waals surface area (Å²) in [6.07, 6.45) is 0. The van der Waals surface area contributed by atoms with E-state index in [1.165, 1.54) is 0 Å². The summed E-state index contributed by atoms with van der Waals surface area (Å²) < 4.78 is 10.8. The minimum absolute atomic E-state index is 0.0437. The Bertz CT molecular complexity index is 687. The second-order valence-electron chi connectivity index (χ2n) is 4.66. The number of hydrogen-bond acceptors (Lipinski definition) is 3. The molecule has 0 aliphatic heterocycles. The van der Waals surface area contributed by atoms with E-state index in [1.54, 1.807) is 19.2 Å². The Morgan fingerprint density at radius 2 is 1.86 bits per heavy atom. The highest BCUT2D eigenvalue weighted by Gasteiger charge is 2.12. The third kappa shape index (κ3) is 3.28. The largest absolute Gasteiger partial charge is 0.497 e. The molecule has 22 heavy (non-hydrogen) atoms. The average molecular weight is 298 g/mol. The molecule has 0 fully saturated rings. The van der Waals surface area contributed by atoms with Crippen LogP contribution in [0.15, 0.2) is 49.0 Å². The van der Waals surface area contributed by atoms with Crippen LogP contribution in [-0.2, 0) is 4.79 Å². The summed E-state index contributed by atoms with van der Waals surface area (Å²) in [4.78, 5) is 11.0. The predicted octanol–water partition coefficient (Wildman–Crippen LogP) is 3.86. The molecule has 1 N–H and O–H groups in total. The second-order valence-corrected chi connectivity index (χ2v) is 4.66. The van der Waals surface area contributed by atoms with Gasteiger partial charge in [0.1, 0.15) is 11.5 Å². The van der Waals surface area contributed by atoms with Gasteiger partial charge in [-0.05, 0) is 36.2 Å². The normalized spacial score (nSPS) is 10.1. The van der Waals surface area contributed by atoms with Gasteiger partial charge in [-0.1, -0.05) is 30.8 Å². The minimum Gasteiger partial charge on any atom is -0.497 e. The molecule has 0 saturated carbocycles. The van der Waals surface area contributed by atoms with Gasteiger partial charge in [0.05, 0.1) is 19.3 Å². The van der Waals surface area contributed by atoms with E-state index in [2.05, 4.69) is 6.58 Å². The van der Waals surface area contributed by atoms with Crippen molar-refractivity contribution in [2.75, 3.05) is 13.7 Å². The Labute approximate surface area is 129 Å². The van der Waals surface area contributed by atoms with E-state index in [0.29, 0.717) is 17.9 Å². The lowest BCUT2D eigenvalue weighted by atomic mass is 9.99. The number of hydrogen-bond donors (Lipinski definition) is 1. The van der Waals surface area contributed by atoms with E-state index in [9.17, 15) is 4.79 Å². The van der Waals surface area contributed by atoms with Crippen LogP contribution < -0.4 is 9.47 Å². The van der Waals surface area contributed by atoms with E-state index in [0.717, 1.165) is 16.9 Å². The molecule has 2 aromatic carbocycles. The number of benzene rings is 2. The van der Waals surface area contributed by atoms with Gasteiger partial charge in [-0.15, -0.1) is 0 Å². The van der Waals surface area contributed by atoms with Gasteiger partial charge >= 0.3 is 5.97 Å². The van der Waals surface area contributed by atoms with Gasteiger partial charge in [-0.2, -0.15) is 0 Å². The zero-order valence-corrected chi connectivity index (χ0v) is 12.6. The molecule has 0 unspecified atom stereocenters. The molecule has 0 atom stereocenters. The van der Waals surface area contributed by atoms with Crippen molar-refractivity contribution in [2.45, 2.75) is 6.92 Å². The monoisotopic (exact) mass is 298 g/mol. The van der Waals surface area contributed by atoms with Crippen molar-refractivity contribution < 1.29 is 19.4 Å². The molecule has 0 saturated heterocycles. The molecule has 0 amide bonds. The van der Waals surface area contributed by atoms with E-state index in [-0.39, 0.29) is 5.57 Å². The van der Waals surface area contributed by atoms with E-state index in [4.69, 9.17) is 14.6 Å². The summed E-state index contributed by atoms with van der Waals surface area (Å²) in [6, 6.07) is 12.9.